The highest BCUT2D eigenvalue weighted by Gasteiger charge is 2.33. The van der Waals surface area contributed by atoms with Crippen LogP contribution in [0.25, 0.3) is 0 Å². The van der Waals surface area contributed by atoms with Crippen molar-refractivity contribution in [3.8, 4) is 17.2 Å². The molecule has 0 fully saturated rings. The molecule has 1 N–H and O–H groups in total. The molecule has 0 radical (unpaired) electrons. The van der Waals surface area contributed by atoms with E-state index < -0.39 is 27.7 Å². The lowest BCUT2D eigenvalue weighted by Crippen LogP contribution is -2.39. The molecule has 8 heteroatoms. The Morgan fingerprint density at radius 3 is 2.00 bits per heavy atom. The van der Waals surface area contributed by atoms with Crippen LogP contribution in [0, 0.1) is 0 Å². The molecule has 0 aliphatic rings. The van der Waals surface area contributed by atoms with Gasteiger partial charge in [0.25, 0.3) is 0 Å². The molecular formula is C17H27NO6S. The van der Waals surface area contributed by atoms with Crippen LogP contribution in [-0.4, -0.2) is 42.9 Å². The Morgan fingerprint density at radius 1 is 1.12 bits per heavy atom. The Balaban J connectivity index is 3.48. The summed E-state index contributed by atoms with van der Waals surface area (Å²) >= 11 is 0. The topological polar surface area (TPSA) is 83.1 Å². The first-order valence-corrected chi connectivity index (χ1v) is 8.99. The van der Waals surface area contributed by atoms with Crippen LogP contribution in [0.15, 0.2) is 12.1 Å². The van der Waals surface area contributed by atoms with Gasteiger partial charge in [-0.05, 0) is 27.7 Å². The van der Waals surface area contributed by atoms with E-state index in [2.05, 4.69) is 4.72 Å². The monoisotopic (exact) mass is 373 g/mol. The quantitative estimate of drug-likeness (QED) is 0.705. The summed E-state index contributed by atoms with van der Waals surface area (Å²) in [6.07, 6.45) is 0. The van der Waals surface area contributed by atoms with Crippen molar-refractivity contribution >= 4 is 17.0 Å². The molecule has 2 atom stereocenters. The first kappa shape index (κ1) is 21.2. The lowest BCUT2D eigenvalue weighted by molar-refractivity contribution is -0.145. The Labute approximate surface area is 151 Å². The first-order chi connectivity index (χ1) is 11.7. The third kappa shape index (κ3) is 5.34. The molecule has 0 saturated heterocycles. The normalized spacial score (nSPS) is 13.7. The van der Waals surface area contributed by atoms with Gasteiger partial charge in [0.15, 0.2) is 0 Å². The Hall–Kier alpha value is -1.80. The molecule has 0 amide bonds. The zero-order valence-corrected chi connectivity index (χ0v) is 16.6. The molecule has 0 aromatic heterocycles. The van der Waals surface area contributed by atoms with E-state index in [9.17, 15) is 9.00 Å². The number of hydrogen-bond acceptors (Lipinski definition) is 6. The zero-order valence-electron chi connectivity index (χ0n) is 15.8. The number of nitrogens with one attached hydrogen (secondary N) is 1. The second-order valence-corrected chi connectivity index (χ2v) is 8.13. The minimum atomic E-state index is -1.51. The SMILES string of the molecule is CCOC(=O)[C@H](N[S@](=O)C(C)(C)C)c1c(OC)cc(OC)cc1OC. The van der Waals surface area contributed by atoms with E-state index in [1.165, 1.54) is 21.3 Å². The molecular weight excluding hydrogens is 346 g/mol. The van der Waals surface area contributed by atoms with Crippen molar-refractivity contribution in [2.75, 3.05) is 27.9 Å². The largest absolute Gasteiger partial charge is 0.496 e. The van der Waals surface area contributed by atoms with Crippen LogP contribution in [0.2, 0.25) is 0 Å². The van der Waals surface area contributed by atoms with Gasteiger partial charge in [-0.3, -0.25) is 0 Å². The second-order valence-electron chi connectivity index (χ2n) is 6.13. The molecule has 7 nitrogen and oxygen atoms in total. The molecule has 0 unspecified atom stereocenters. The van der Waals surface area contributed by atoms with Crippen molar-refractivity contribution in [3.63, 3.8) is 0 Å². The average molecular weight is 373 g/mol. The van der Waals surface area contributed by atoms with Gasteiger partial charge in [0.1, 0.15) is 23.3 Å². The predicted octanol–water partition coefficient (Wildman–Crippen LogP) is 2.37. The first-order valence-electron chi connectivity index (χ1n) is 7.84. The van der Waals surface area contributed by atoms with Gasteiger partial charge in [0, 0.05) is 12.1 Å². The number of rotatable bonds is 8. The third-order valence-electron chi connectivity index (χ3n) is 3.35. The molecule has 25 heavy (non-hydrogen) atoms. The van der Waals surface area contributed by atoms with Gasteiger partial charge in [0.05, 0.1) is 49.2 Å². The summed E-state index contributed by atoms with van der Waals surface area (Å²) in [5.74, 6) is 0.680. The number of carbonyl (C=O) groups is 1. The number of esters is 1. The number of carbonyl (C=O) groups excluding carboxylic acids is 1. The van der Waals surface area contributed by atoms with Crippen molar-refractivity contribution < 1.29 is 28.0 Å². The second kappa shape index (κ2) is 9.05. The molecule has 1 aromatic carbocycles. The summed E-state index contributed by atoms with van der Waals surface area (Å²) in [4.78, 5) is 12.5. The standard InChI is InChI=1S/C17H27NO6S/c1-8-24-16(19)15(18-25(20)17(2,3)4)14-12(22-6)9-11(21-5)10-13(14)23-7/h9-10,15,18H,8H2,1-7H3/t15-,25-/m1/s1. The van der Waals surface area contributed by atoms with Gasteiger partial charge >= 0.3 is 5.97 Å². The van der Waals surface area contributed by atoms with Crippen LogP contribution in [0.4, 0.5) is 0 Å². The van der Waals surface area contributed by atoms with Gasteiger partial charge in [-0.25, -0.2) is 13.7 Å². The van der Waals surface area contributed by atoms with Crippen molar-refractivity contribution in [3.05, 3.63) is 17.7 Å². The Morgan fingerprint density at radius 2 is 1.64 bits per heavy atom. The van der Waals surface area contributed by atoms with Crippen molar-refractivity contribution in [2.45, 2.75) is 38.5 Å². The van der Waals surface area contributed by atoms with Crippen LogP contribution in [0.3, 0.4) is 0 Å². The molecule has 0 saturated carbocycles. The van der Waals surface area contributed by atoms with Crippen molar-refractivity contribution in [1.82, 2.24) is 4.72 Å². The third-order valence-corrected chi connectivity index (χ3v) is 4.91. The van der Waals surface area contributed by atoms with Crippen molar-refractivity contribution in [2.24, 2.45) is 0 Å². The number of benzene rings is 1. The van der Waals surface area contributed by atoms with Gasteiger partial charge in [-0.15, -0.1) is 0 Å². The molecule has 0 aliphatic heterocycles. The summed E-state index contributed by atoms with van der Waals surface area (Å²) in [6, 6.07) is 2.24. The van der Waals surface area contributed by atoms with E-state index in [1.807, 2.05) is 0 Å². The maximum absolute atomic E-state index is 12.6. The summed E-state index contributed by atoms with van der Waals surface area (Å²) in [6.45, 7) is 7.32. The molecule has 0 aliphatic carbocycles. The number of ether oxygens (including phenoxy) is 4. The van der Waals surface area contributed by atoms with E-state index >= 15 is 0 Å². The minimum absolute atomic E-state index is 0.194. The van der Waals surface area contributed by atoms with E-state index in [1.54, 1.807) is 39.8 Å². The molecule has 0 heterocycles. The fourth-order valence-corrected chi connectivity index (χ4v) is 2.83. The van der Waals surface area contributed by atoms with Gasteiger partial charge in [0.2, 0.25) is 0 Å². The van der Waals surface area contributed by atoms with Crippen LogP contribution < -0.4 is 18.9 Å². The maximum atomic E-state index is 12.6. The molecule has 0 bridgehead atoms. The fourth-order valence-electron chi connectivity index (χ4n) is 2.05. The van der Waals surface area contributed by atoms with Crippen LogP contribution in [0.5, 0.6) is 17.2 Å². The smallest absolute Gasteiger partial charge is 0.328 e. The zero-order chi connectivity index (χ0) is 19.2. The lowest BCUT2D eigenvalue weighted by Gasteiger charge is -2.25. The highest BCUT2D eigenvalue weighted by Crippen LogP contribution is 2.39. The molecule has 142 valence electrons. The van der Waals surface area contributed by atoms with E-state index in [4.69, 9.17) is 18.9 Å². The fraction of sp³-hybridized carbons (Fsp3) is 0.588. The van der Waals surface area contributed by atoms with E-state index in [0.29, 0.717) is 22.8 Å². The van der Waals surface area contributed by atoms with Crippen molar-refractivity contribution in [1.29, 1.82) is 0 Å². The van der Waals surface area contributed by atoms with Gasteiger partial charge in [-0.1, -0.05) is 0 Å². The molecule has 1 rings (SSSR count). The van der Waals surface area contributed by atoms with Crippen LogP contribution >= 0.6 is 0 Å². The maximum Gasteiger partial charge on any atom is 0.328 e. The van der Waals surface area contributed by atoms with Crippen LogP contribution in [0.1, 0.15) is 39.3 Å². The molecule has 1 aromatic rings. The molecule has 0 spiro atoms. The van der Waals surface area contributed by atoms with Gasteiger partial charge in [-0.2, -0.15) is 0 Å². The average Bonchev–Trinajstić information content (AvgIpc) is 2.57. The van der Waals surface area contributed by atoms with E-state index in [-0.39, 0.29) is 6.61 Å². The highest BCUT2D eigenvalue weighted by molar-refractivity contribution is 7.84. The van der Waals surface area contributed by atoms with E-state index in [0.717, 1.165) is 0 Å². The summed E-state index contributed by atoms with van der Waals surface area (Å²) in [7, 11) is 2.95. The summed E-state index contributed by atoms with van der Waals surface area (Å²) in [5.41, 5.74) is 0.404. The summed E-state index contributed by atoms with van der Waals surface area (Å²) in [5, 5.41) is 0. The predicted molar refractivity (Wildman–Crippen MR) is 96.5 cm³/mol. The Kier molecular flexibility index (Phi) is 7.69. The van der Waals surface area contributed by atoms with Crippen LogP contribution in [-0.2, 0) is 20.5 Å². The van der Waals surface area contributed by atoms with Gasteiger partial charge < -0.3 is 18.9 Å². The summed E-state index contributed by atoms with van der Waals surface area (Å²) < 4.78 is 36.0. The lowest BCUT2D eigenvalue weighted by atomic mass is 10.0. The number of methoxy groups -OCH3 is 3. The number of hydrogen-bond donors (Lipinski definition) is 1. The minimum Gasteiger partial charge on any atom is -0.496 e. The Bertz CT molecular complexity index is 601. The highest BCUT2D eigenvalue weighted by atomic mass is 32.2.